The second-order valence-electron chi connectivity index (χ2n) is 4.63. The van der Waals surface area contributed by atoms with Crippen molar-refractivity contribution in [2.24, 2.45) is 5.73 Å². The van der Waals surface area contributed by atoms with Gasteiger partial charge in [-0.05, 0) is 25.0 Å². The number of ether oxygens (including phenoxy) is 2. The molecule has 2 heterocycles. The van der Waals surface area contributed by atoms with Crippen molar-refractivity contribution in [2.75, 3.05) is 19.8 Å². The van der Waals surface area contributed by atoms with Crippen molar-refractivity contribution in [2.45, 2.75) is 23.9 Å². The standard InChI is InChI=1S/C12H16N2O4S/c13-12-2-1-5-14(12)19(15,16)9-3-4-10-11(8-9)18-7-6-17-10/h3-4,8,12H,1-2,5-7,13H2. The summed E-state index contributed by atoms with van der Waals surface area (Å²) in [5, 5.41) is 0. The van der Waals surface area contributed by atoms with Crippen molar-refractivity contribution in [3.8, 4) is 11.5 Å². The zero-order chi connectivity index (χ0) is 13.5. The third kappa shape index (κ3) is 2.18. The third-order valence-electron chi connectivity index (χ3n) is 3.37. The summed E-state index contributed by atoms with van der Waals surface area (Å²) in [6.07, 6.45) is 1.06. The summed E-state index contributed by atoms with van der Waals surface area (Å²) in [5.74, 6) is 1.05. The van der Waals surface area contributed by atoms with E-state index in [1.54, 1.807) is 6.07 Å². The Morgan fingerprint density at radius 3 is 2.63 bits per heavy atom. The predicted octanol–water partition coefficient (Wildman–Crippen LogP) is 0.527. The van der Waals surface area contributed by atoms with Gasteiger partial charge in [-0.3, -0.25) is 0 Å². The van der Waals surface area contributed by atoms with Crippen LogP contribution in [0.2, 0.25) is 0 Å². The van der Waals surface area contributed by atoms with E-state index in [0.29, 0.717) is 37.7 Å². The molecule has 0 radical (unpaired) electrons. The van der Waals surface area contributed by atoms with Crippen LogP contribution in [0.5, 0.6) is 11.5 Å². The molecule has 0 aromatic heterocycles. The number of hydrogen-bond acceptors (Lipinski definition) is 5. The first kappa shape index (κ1) is 12.7. The molecular formula is C12H16N2O4S. The minimum Gasteiger partial charge on any atom is -0.486 e. The van der Waals surface area contributed by atoms with Gasteiger partial charge in [0.05, 0.1) is 11.1 Å². The molecule has 0 spiro atoms. The van der Waals surface area contributed by atoms with E-state index in [0.717, 1.165) is 6.42 Å². The number of nitrogens with zero attached hydrogens (tertiary/aromatic N) is 1. The lowest BCUT2D eigenvalue weighted by Gasteiger charge is -2.23. The highest BCUT2D eigenvalue weighted by atomic mass is 32.2. The van der Waals surface area contributed by atoms with Crippen molar-refractivity contribution < 1.29 is 17.9 Å². The molecule has 2 N–H and O–H groups in total. The predicted molar refractivity (Wildman–Crippen MR) is 68.5 cm³/mol. The van der Waals surface area contributed by atoms with Gasteiger partial charge in [0.25, 0.3) is 0 Å². The van der Waals surface area contributed by atoms with Crippen LogP contribution < -0.4 is 15.2 Å². The van der Waals surface area contributed by atoms with Gasteiger partial charge in [-0.25, -0.2) is 8.42 Å². The Labute approximate surface area is 112 Å². The maximum Gasteiger partial charge on any atom is 0.244 e. The minimum absolute atomic E-state index is 0.203. The van der Waals surface area contributed by atoms with Crippen molar-refractivity contribution in [3.63, 3.8) is 0 Å². The summed E-state index contributed by atoms with van der Waals surface area (Å²) >= 11 is 0. The molecule has 0 amide bonds. The SMILES string of the molecule is NC1CCCN1S(=O)(=O)c1ccc2c(c1)OCCO2. The second kappa shape index (κ2) is 4.66. The van der Waals surface area contributed by atoms with Crippen LogP contribution in [0.3, 0.4) is 0 Å². The molecule has 1 aromatic rings. The zero-order valence-corrected chi connectivity index (χ0v) is 11.2. The van der Waals surface area contributed by atoms with Crippen LogP contribution in [-0.2, 0) is 10.0 Å². The van der Waals surface area contributed by atoms with Crippen LogP contribution in [0.1, 0.15) is 12.8 Å². The normalized spacial score (nSPS) is 23.5. The molecule has 3 rings (SSSR count). The summed E-state index contributed by atoms with van der Waals surface area (Å²) < 4.78 is 37.1. The number of benzene rings is 1. The largest absolute Gasteiger partial charge is 0.486 e. The van der Waals surface area contributed by atoms with E-state index >= 15 is 0 Å². The van der Waals surface area contributed by atoms with Gasteiger partial charge in [0.15, 0.2) is 11.5 Å². The van der Waals surface area contributed by atoms with Crippen LogP contribution in [0.15, 0.2) is 23.1 Å². The van der Waals surface area contributed by atoms with Gasteiger partial charge in [0.2, 0.25) is 10.0 Å². The molecule has 104 valence electrons. The molecule has 2 aliphatic rings. The first-order chi connectivity index (χ1) is 9.09. The Hall–Kier alpha value is -1.31. The lowest BCUT2D eigenvalue weighted by molar-refractivity contribution is 0.171. The van der Waals surface area contributed by atoms with Crippen LogP contribution in [0.25, 0.3) is 0 Å². The van der Waals surface area contributed by atoms with E-state index in [1.807, 2.05) is 0 Å². The summed E-state index contributed by atoms with van der Waals surface area (Å²) in [6, 6.07) is 4.67. The number of sulfonamides is 1. The molecule has 6 nitrogen and oxygen atoms in total. The first-order valence-corrected chi connectivity index (χ1v) is 7.70. The van der Waals surface area contributed by atoms with E-state index in [1.165, 1.54) is 16.4 Å². The summed E-state index contributed by atoms with van der Waals surface area (Å²) in [7, 11) is -3.55. The smallest absolute Gasteiger partial charge is 0.244 e. The number of fused-ring (bicyclic) bond motifs is 1. The first-order valence-electron chi connectivity index (χ1n) is 6.26. The summed E-state index contributed by atoms with van der Waals surface area (Å²) in [6.45, 7) is 1.38. The zero-order valence-electron chi connectivity index (χ0n) is 10.4. The Balaban J connectivity index is 1.97. The molecule has 19 heavy (non-hydrogen) atoms. The maximum atomic E-state index is 12.5. The van der Waals surface area contributed by atoms with Crippen molar-refractivity contribution in [1.82, 2.24) is 4.31 Å². The highest BCUT2D eigenvalue weighted by Gasteiger charge is 2.33. The molecule has 0 aliphatic carbocycles. The van der Waals surface area contributed by atoms with E-state index in [9.17, 15) is 8.42 Å². The lowest BCUT2D eigenvalue weighted by Crippen LogP contribution is -2.40. The third-order valence-corrected chi connectivity index (χ3v) is 5.29. The Morgan fingerprint density at radius 2 is 1.95 bits per heavy atom. The van der Waals surface area contributed by atoms with E-state index in [2.05, 4.69) is 0 Å². The molecular weight excluding hydrogens is 268 g/mol. The highest BCUT2D eigenvalue weighted by Crippen LogP contribution is 2.34. The van der Waals surface area contributed by atoms with Gasteiger partial charge in [-0.15, -0.1) is 0 Å². The molecule has 1 unspecified atom stereocenters. The fourth-order valence-electron chi connectivity index (χ4n) is 2.38. The van der Waals surface area contributed by atoms with Gasteiger partial charge in [0.1, 0.15) is 13.2 Å². The van der Waals surface area contributed by atoms with Gasteiger partial charge in [-0.1, -0.05) is 0 Å². The van der Waals surface area contributed by atoms with Crippen molar-refractivity contribution >= 4 is 10.0 Å². The average molecular weight is 284 g/mol. The molecule has 1 saturated heterocycles. The number of hydrogen-bond donors (Lipinski definition) is 1. The molecule has 1 atom stereocenters. The molecule has 1 aromatic carbocycles. The van der Waals surface area contributed by atoms with Gasteiger partial charge < -0.3 is 15.2 Å². The van der Waals surface area contributed by atoms with E-state index in [-0.39, 0.29) is 4.90 Å². The minimum atomic E-state index is -3.55. The molecule has 7 heteroatoms. The topological polar surface area (TPSA) is 81.9 Å². The Bertz CT molecular complexity index is 587. The van der Waals surface area contributed by atoms with Crippen molar-refractivity contribution in [1.29, 1.82) is 0 Å². The Morgan fingerprint density at radius 1 is 1.21 bits per heavy atom. The number of rotatable bonds is 2. The van der Waals surface area contributed by atoms with Gasteiger partial charge >= 0.3 is 0 Å². The molecule has 0 saturated carbocycles. The fourth-order valence-corrected chi connectivity index (χ4v) is 3.98. The molecule has 0 bridgehead atoms. The van der Waals surface area contributed by atoms with E-state index < -0.39 is 16.2 Å². The van der Waals surface area contributed by atoms with Crippen molar-refractivity contribution in [3.05, 3.63) is 18.2 Å². The van der Waals surface area contributed by atoms with Crippen LogP contribution in [-0.4, -0.2) is 38.6 Å². The van der Waals surface area contributed by atoms with Crippen LogP contribution in [0.4, 0.5) is 0 Å². The van der Waals surface area contributed by atoms with Gasteiger partial charge in [-0.2, -0.15) is 4.31 Å². The van der Waals surface area contributed by atoms with Crippen LogP contribution in [0, 0.1) is 0 Å². The fraction of sp³-hybridized carbons (Fsp3) is 0.500. The quantitative estimate of drug-likeness (QED) is 0.856. The Kier molecular flexibility index (Phi) is 3.12. The van der Waals surface area contributed by atoms with Gasteiger partial charge in [0, 0.05) is 12.6 Å². The highest BCUT2D eigenvalue weighted by molar-refractivity contribution is 7.89. The van der Waals surface area contributed by atoms with E-state index in [4.69, 9.17) is 15.2 Å². The monoisotopic (exact) mass is 284 g/mol. The summed E-state index contributed by atoms with van der Waals surface area (Å²) in [5.41, 5.74) is 5.83. The molecule has 2 aliphatic heterocycles. The molecule has 1 fully saturated rings. The number of nitrogens with two attached hydrogens (primary N) is 1. The second-order valence-corrected chi connectivity index (χ2v) is 6.52. The summed E-state index contributed by atoms with van der Waals surface area (Å²) in [4.78, 5) is 0.203. The lowest BCUT2D eigenvalue weighted by atomic mass is 10.3. The maximum absolute atomic E-state index is 12.5. The average Bonchev–Trinajstić information content (AvgIpc) is 2.85. The van der Waals surface area contributed by atoms with Crippen LogP contribution >= 0.6 is 0 Å².